The van der Waals surface area contributed by atoms with Crippen LogP contribution >= 0.6 is 11.3 Å². The Bertz CT molecular complexity index is 782. The van der Waals surface area contributed by atoms with Gasteiger partial charge in [-0.2, -0.15) is 0 Å². The molecular formula is C21H27N3O2S. The van der Waals surface area contributed by atoms with Crippen molar-refractivity contribution in [2.24, 2.45) is 0 Å². The van der Waals surface area contributed by atoms with E-state index in [1.807, 2.05) is 68.1 Å². The molecule has 6 heteroatoms. The quantitative estimate of drug-likeness (QED) is 0.861. The Morgan fingerprint density at radius 1 is 1.00 bits per heavy atom. The van der Waals surface area contributed by atoms with Gasteiger partial charge in [0.05, 0.1) is 17.0 Å². The van der Waals surface area contributed by atoms with Crippen molar-refractivity contribution < 1.29 is 9.59 Å². The van der Waals surface area contributed by atoms with Gasteiger partial charge in [-0.1, -0.05) is 30.3 Å². The van der Waals surface area contributed by atoms with E-state index >= 15 is 0 Å². The van der Waals surface area contributed by atoms with Crippen molar-refractivity contribution >= 4 is 23.2 Å². The SMILES string of the molecule is Cc1ccc(C(=O)N2CCN(C(C)C(=O)NC(C)c3ccccc3)CC2)s1. The number of amides is 2. The molecule has 2 heterocycles. The zero-order chi connectivity index (χ0) is 19.4. The minimum Gasteiger partial charge on any atom is -0.348 e. The van der Waals surface area contributed by atoms with Crippen LogP contribution in [0, 0.1) is 6.92 Å². The van der Waals surface area contributed by atoms with E-state index in [2.05, 4.69) is 10.2 Å². The van der Waals surface area contributed by atoms with Gasteiger partial charge in [-0.15, -0.1) is 11.3 Å². The zero-order valence-corrected chi connectivity index (χ0v) is 17.0. The van der Waals surface area contributed by atoms with Gasteiger partial charge in [0.1, 0.15) is 0 Å². The van der Waals surface area contributed by atoms with E-state index in [1.54, 1.807) is 0 Å². The Balaban J connectivity index is 1.51. The van der Waals surface area contributed by atoms with Crippen LogP contribution in [0.15, 0.2) is 42.5 Å². The van der Waals surface area contributed by atoms with Crippen LogP contribution in [0.25, 0.3) is 0 Å². The van der Waals surface area contributed by atoms with Crippen molar-refractivity contribution in [1.82, 2.24) is 15.1 Å². The number of thiophene rings is 1. The minimum absolute atomic E-state index is 0.0221. The van der Waals surface area contributed by atoms with Crippen molar-refractivity contribution in [2.45, 2.75) is 32.9 Å². The number of benzene rings is 1. The summed E-state index contributed by atoms with van der Waals surface area (Å²) in [6, 6.07) is 13.6. The topological polar surface area (TPSA) is 52.7 Å². The lowest BCUT2D eigenvalue weighted by Crippen LogP contribution is -2.55. The van der Waals surface area contributed by atoms with Crippen LogP contribution < -0.4 is 5.32 Å². The predicted molar refractivity (Wildman–Crippen MR) is 109 cm³/mol. The van der Waals surface area contributed by atoms with Crippen LogP contribution in [0.3, 0.4) is 0 Å². The largest absolute Gasteiger partial charge is 0.348 e. The number of nitrogens with zero attached hydrogens (tertiary/aromatic N) is 2. The molecule has 0 aliphatic carbocycles. The number of rotatable bonds is 5. The Labute approximate surface area is 165 Å². The lowest BCUT2D eigenvalue weighted by molar-refractivity contribution is -0.127. The van der Waals surface area contributed by atoms with E-state index in [0.717, 1.165) is 15.3 Å². The molecular weight excluding hydrogens is 358 g/mol. The fourth-order valence-electron chi connectivity index (χ4n) is 3.34. The van der Waals surface area contributed by atoms with Gasteiger partial charge >= 0.3 is 0 Å². The molecule has 2 unspecified atom stereocenters. The van der Waals surface area contributed by atoms with Crippen molar-refractivity contribution in [3.63, 3.8) is 0 Å². The van der Waals surface area contributed by atoms with Crippen molar-refractivity contribution in [1.29, 1.82) is 0 Å². The maximum atomic E-state index is 12.6. The maximum Gasteiger partial charge on any atom is 0.264 e. The third kappa shape index (κ3) is 4.76. The Morgan fingerprint density at radius 3 is 2.26 bits per heavy atom. The second-order valence-electron chi connectivity index (χ2n) is 7.06. The lowest BCUT2D eigenvalue weighted by Gasteiger charge is -2.37. The normalized spacial score (nSPS) is 17.4. The number of aryl methyl sites for hydroxylation is 1. The Morgan fingerprint density at radius 2 is 1.67 bits per heavy atom. The molecule has 0 bridgehead atoms. The van der Waals surface area contributed by atoms with Gasteiger partial charge in [0.2, 0.25) is 5.91 Å². The summed E-state index contributed by atoms with van der Waals surface area (Å²) in [5, 5.41) is 3.10. The molecule has 2 amide bonds. The Hall–Kier alpha value is -2.18. The van der Waals surface area contributed by atoms with E-state index in [1.165, 1.54) is 11.3 Å². The molecule has 1 N–H and O–H groups in total. The first-order valence-electron chi connectivity index (χ1n) is 9.41. The summed E-state index contributed by atoms with van der Waals surface area (Å²) in [6.07, 6.45) is 0. The molecule has 0 radical (unpaired) electrons. The van der Waals surface area contributed by atoms with Crippen molar-refractivity contribution in [2.75, 3.05) is 26.2 Å². The highest BCUT2D eigenvalue weighted by Gasteiger charge is 2.28. The molecule has 0 saturated carbocycles. The number of hydrogen-bond acceptors (Lipinski definition) is 4. The van der Waals surface area contributed by atoms with Gasteiger partial charge in [-0.05, 0) is 38.5 Å². The van der Waals surface area contributed by atoms with Crippen molar-refractivity contribution in [3.05, 3.63) is 57.8 Å². The van der Waals surface area contributed by atoms with Gasteiger partial charge in [0.15, 0.2) is 0 Å². The molecule has 1 aliphatic rings. The fourth-order valence-corrected chi connectivity index (χ4v) is 4.18. The molecule has 1 aromatic carbocycles. The van der Waals surface area contributed by atoms with Gasteiger partial charge < -0.3 is 10.2 Å². The number of hydrogen-bond donors (Lipinski definition) is 1. The van der Waals surface area contributed by atoms with Gasteiger partial charge in [-0.3, -0.25) is 14.5 Å². The monoisotopic (exact) mass is 385 g/mol. The predicted octanol–water partition coefficient (Wildman–Crippen LogP) is 3.08. The van der Waals surface area contributed by atoms with E-state index in [4.69, 9.17) is 0 Å². The average molecular weight is 386 g/mol. The molecule has 0 spiro atoms. The molecule has 1 aliphatic heterocycles. The summed E-state index contributed by atoms with van der Waals surface area (Å²) in [7, 11) is 0. The minimum atomic E-state index is -0.211. The van der Waals surface area contributed by atoms with Crippen LogP contribution in [0.5, 0.6) is 0 Å². The summed E-state index contributed by atoms with van der Waals surface area (Å²) in [5.41, 5.74) is 1.10. The number of piperazine rings is 1. The third-order valence-electron chi connectivity index (χ3n) is 5.14. The molecule has 1 fully saturated rings. The number of carbonyl (C=O) groups excluding carboxylic acids is 2. The summed E-state index contributed by atoms with van der Waals surface area (Å²) in [6.45, 7) is 8.68. The highest BCUT2D eigenvalue weighted by atomic mass is 32.1. The third-order valence-corrected chi connectivity index (χ3v) is 6.13. The maximum absolute atomic E-state index is 12.6. The average Bonchev–Trinajstić information content (AvgIpc) is 3.14. The molecule has 1 aromatic heterocycles. The molecule has 1 saturated heterocycles. The lowest BCUT2D eigenvalue weighted by atomic mass is 10.1. The standard InChI is InChI=1S/C21H27N3O2S/c1-15-9-10-19(27-15)21(26)24-13-11-23(12-14-24)17(3)20(25)22-16(2)18-7-5-4-6-8-18/h4-10,16-17H,11-14H2,1-3H3,(H,22,25). The summed E-state index contributed by atoms with van der Waals surface area (Å²) >= 11 is 1.54. The van der Waals surface area contributed by atoms with E-state index in [-0.39, 0.29) is 23.9 Å². The summed E-state index contributed by atoms with van der Waals surface area (Å²) in [4.78, 5) is 31.2. The molecule has 5 nitrogen and oxygen atoms in total. The molecule has 2 atom stereocenters. The fraction of sp³-hybridized carbons (Fsp3) is 0.429. The van der Waals surface area contributed by atoms with E-state index < -0.39 is 0 Å². The smallest absolute Gasteiger partial charge is 0.264 e. The van der Waals surface area contributed by atoms with Crippen molar-refractivity contribution in [3.8, 4) is 0 Å². The Kier molecular flexibility index (Phi) is 6.29. The number of nitrogens with one attached hydrogen (secondary N) is 1. The second kappa shape index (κ2) is 8.67. The van der Waals surface area contributed by atoms with Crippen LogP contribution in [0.4, 0.5) is 0 Å². The zero-order valence-electron chi connectivity index (χ0n) is 16.1. The molecule has 3 rings (SSSR count). The first kappa shape index (κ1) is 19.6. The van der Waals surface area contributed by atoms with Gasteiger partial charge in [-0.25, -0.2) is 0 Å². The molecule has 144 valence electrons. The van der Waals surface area contributed by atoms with E-state index in [0.29, 0.717) is 26.2 Å². The van der Waals surface area contributed by atoms with Gasteiger partial charge in [0.25, 0.3) is 5.91 Å². The highest BCUT2D eigenvalue weighted by Crippen LogP contribution is 2.19. The number of carbonyl (C=O) groups is 2. The van der Waals surface area contributed by atoms with E-state index in [9.17, 15) is 9.59 Å². The first-order valence-corrected chi connectivity index (χ1v) is 10.2. The molecule has 2 aromatic rings. The second-order valence-corrected chi connectivity index (χ2v) is 8.34. The summed E-state index contributed by atoms with van der Waals surface area (Å²) in [5.74, 6) is 0.127. The molecule has 27 heavy (non-hydrogen) atoms. The van der Waals surface area contributed by atoms with Crippen LogP contribution in [0.1, 0.15) is 40.0 Å². The first-order chi connectivity index (χ1) is 13.0. The van der Waals surface area contributed by atoms with Crippen LogP contribution in [-0.4, -0.2) is 53.8 Å². The highest BCUT2D eigenvalue weighted by molar-refractivity contribution is 7.13. The van der Waals surface area contributed by atoms with Crippen LogP contribution in [0.2, 0.25) is 0 Å². The summed E-state index contributed by atoms with van der Waals surface area (Å²) < 4.78 is 0. The van der Waals surface area contributed by atoms with Gasteiger partial charge in [0, 0.05) is 31.1 Å². The van der Waals surface area contributed by atoms with Crippen LogP contribution in [-0.2, 0) is 4.79 Å².